The second kappa shape index (κ2) is 7.74. The van der Waals surface area contributed by atoms with E-state index in [2.05, 4.69) is 10.3 Å². The summed E-state index contributed by atoms with van der Waals surface area (Å²) in [5.41, 5.74) is 2.72. The van der Waals surface area contributed by atoms with E-state index < -0.39 is 24.0 Å². The zero-order chi connectivity index (χ0) is 18.5. The van der Waals surface area contributed by atoms with Crippen LogP contribution in [0.2, 0.25) is 0 Å². The molecule has 26 heavy (non-hydrogen) atoms. The van der Waals surface area contributed by atoms with Crippen molar-refractivity contribution >= 4 is 23.0 Å². The van der Waals surface area contributed by atoms with Crippen LogP contribution in [0.1, 0.15) is 17.0 Å². The quantitative estimate of drug-likeness (QED) is 0.691. The van der Waals surface area contributed by atoms with E-state index in [0.29, 0.717) is 0 Å². The fourth-order valence-electron chi connectivity index (χ4n) is 3.15. The number of aromatic amines is 1. The Hall–Kier alpha value is -3.28. The minimum Gasteiger partial charge on any atom is -0.467 e. The van der Waals surface area contributed by atoms with Gasteiger partial charge in [-0.15, -0.1) is 0 Å². The molecule has 0 aliphatic carbocycles. The average molecular weight is 352 g/mol. The second-order valence-electron chi connectivity index (χ2n) is 5.81. The number of hydrogen-bond donors (Lipinski definition) is 2. The van der Waals surface area contributed by atoms with Crippen molar-refractivity contribution in [2.45, 2.75) is 12.0 Å². The van der Waals surface area contributed by atoms with Crippen LogP contribution in [0.3, 0.4) is 0 Å². The van der Waals surface area contributed by atoms with Gasteiger partial charge in [-0.2, -0.15) is 0 Å². The molecule has 0 aliphatic rings. The highest BCUT2D eigenvalue weighted by atomic mass is 16.5. The standard InChI is InChI=1S/C20H20N2O4/c1-25-19(23)18(22-20(24)26-2)17(13-8-4-3-5-9-13)15-12-21-16-11-7-6-10-14(15)16/h3-12,17-18,21H,1-2H3,(H,22,24)/t17-,18-/m0/s1. The highest BCUT2D eigenvalue weighted by molar-refractivity contribution is 5.88. The lowest BCUT2D eigenvalue weighted by atomic mass is 9.84. The molecule has 0 fully saturated rings. The molecular weight excluding hydrogens is 332 g/mol. The van der Waals surface area contributed by atoms with Gasteiger partial charge >= 0.3 is 12.1 Å². The van der Waals surface area contributed by atoms with Gasteiger partial charge in [0.15, 0.2) is 0 Å². The van der Waals surface area contributed by atoms with Crippen molar-refractivity contribution in [1.29, 1.82) is 0 Å². The first-order valence-electron chi connectivity index (χ1n) is 8.19. The van der Waals surface area contributed by atoms with Crippen molar-refractivity contribution in [3.8, 4) is 0 Å². The first-order valence-corrected chi connectivity index (χ1v) is 8.19. The molecule has 6 nitrogen and oxygen atoms in total. The Morgan fingerprint density at radius 1 is 0.962 bits per heavy atom. The topological polar surface area (TPSA) is 80.4 Å². The molecule has 1 aromatic heterocycles. The third kappa shape index (κ3) is 3.39. The summed E-state index contributed by atoms with van der Waals surface area (Å²) in [7, 11) is 2.55. The highest BCUT2D eigenvalue weighted by Gasteiger charge is 2.35. The molecule has 3 aromatic rings. The zero-order valence-electron chi connectivity index (χ0n) is 14.6. The summed E-state index contributed by atoms with van der Waals surface area (Å²) < 4.78 is 9.65. The molecular formula is C20H20N2O4. The van der Waals surface area contributed by atoms with Crippen LogP contribution < -0.4 is 5.32 Å². The van der Waals surface area contributed by atoms with Crippen LogP contribution >= 0.6 is 0 Å². The van der Waals surface area contributed by atoms with Crippen LogP contribution in [0.15, 0.2) is 60.8 Å². The Kier molecular flexibility index (Phi) is 5.22. The number of H-pyrrole nitrogens is 1. The summed E-state index contributed by atoms with van der Waals surface area (Å²) in [5, 5.41) is 3.59. The van der Waals surface area contributed by atoms with Crippen molar-refractivity contribution in [2.24, 2.45) is 0 Å². The lowest BCUT2D eigenvalue weighted by Gasteiger charge is -2.26. The SMILES string of the molecule is COC(=O)N[C@H](C(=O)OC)[C@@H](c1ccccc1)c1c[nH]c2ccccc12. The van der Waals surface area contributed by atoms with Crippen molar-refractivity contribution in [2.75, 3.05) is 14.2 Å². The van der Waals surface area contributed by atoms with Gasteiger partial charge in [0.25, 0.3) is 0 Å². The van der Waals surface area contributed by atoms with E-state index in [1.807, 2.05) is 60.8 Å². The first kappa shape index (κ1) is 17.5. The molecule has 2 atom stereocenters. The Bertz CT molecular complexity index is 904. The van der Waals surface area contributed by atoms with Gasteiger partial charge in [-0.3, -0.25) is 0 Å². The number of benzene rings is 2. The normalized spacial score (nSPS) is 13.0. The van der Waals surface area contributed by atoms with Crippen LogP contribution in [0.4, 0.5) is 4.79 Å². The number of carbonyl (C=O) groups excluding carboxylic acids is 2. The van der Waals surface area contributed by atoms with Crippen LogP contribution in [-0.2, 0) is 14.3 Å². The number of hydrogen-bond acceptors (Lipinski definition) is 4. The minimum atomic E-state index is -0.936. The van der Waals surface area contributed by atoms with E-state index in [9.17, 15) is 9.59 Å². The molecule has 0 bridgehead atoms. The van der Waals surface area contributed by atoms with Crippen molar-refractivity contribution in [3.05, 3.63) is 71.9 Å². The number of ether oxygens (including phenoxy) is 2. The van der Waals surface area contributed by atoms with Gasteiger partial charge in [0.05, 0.1) is 14.2 Å². The van der Waals surface area contributed by atoms with E-state index in [-0.39, 0.29) is 0 Å². The fraction of sp³-hybridized carbons (Fsp3) is 0.200. The van der Waals surface area contributed by atoms with Gasteiger partial charge in [0, 0.05) is 23.0 Å². The van der Waals surface area contributed by atoms with E-state index in [4.69, 9.17) is 9.47 Å². The Morgan fingerprint density at radius 3 is 2.35 bits per heavy atom. The van der Waals surface area contributed by atoms with Crippen LogP contribution in [0.5, 0.6) is 0 Å². The summed E-state index contributed by atoms with van der Waals surface area (Å²) in [6.07, 6.45) is 1.17. The molecule has 0 radical (unpaired) electrons. The van der Waals surface area contributed by atoms with Gasteiger partial charge in [0.2, 0.25) is 0 Å². The number of amides is 1. The molecule has 1 amide bonds. The van der Waals surface area contributed by atoms with Gasteiger partial charge in [-0.05, 0) is 17.2 Å². The van der Waals surface area contributed by atoms with Crippen molar-refractivity contribution < 1.29 is 19.1 Å². The molecule has 0 unspecified atom stereocenters. The number of methoxy groups -OCH3 is 2. The first-order chi connectivity index (χ1) is 12.7. The Labute approximate surface area is 151 Å². The monoisotopic (exact) mass is 352 g/mol. The largest absolute Gasteiger partial charge is 0.467 e. The zero-order valence-corrected chi connectivity index (χ0v) is 14.6. The molecule has 0 saturated carbocycles. The summed E-state index contributed by atoms with van der Waals surface area (Å²) >= 11 is 0. The number of para-hydroxylation sites is 1. The summed E-state index contributed by atoms with van der Waals surface area (Å²) in [5.74, 6) is -0.992. The maximum atomic E-state index is 12.5. The molecule has 2 N–H and O–H groups in total. The Balaban J connectivity index is 2.16. The van der Waals surface area contributed by atoms with Crippen LogP contribution in [0, 0.1) is 0 Å². The molecule has 1 heterocycles. The third-order valence-electron chi connectivity index (χ3n) is 4.36. The Morgan fingerprint density at radius 2 is 1.65 bits per heavy atom. The number of esters is 1. The molecule has 134 valence electrons. The number of alkyl carbamates (subject to hydrolysis) is 1. The van der Waals surface area contributed by atoms with E-state index in [1.165, 1.54) is 14.2 Å². The van der Waals surface area contributed by atoms with Gasteiger partial charge in [-0.1, -0.05) is 48.5 Å². The van der Waals surface area contributed by atoms with E-state index >= 15 is 0 Å². The van der Waals surface area contributed by atoms with E-state index in [1.54, 1.807) is 0 Å². The lowest BCUT2D eigenvalue weighted by Crippen LogP contribution is -2.46. The van der Waals surface area contributed by atoms with Crippen molar-refractivity contribution in [3.63, 3.8) is 0 Å². The average Bonchev–Trinajstić information content (AvgIpc) is 3.11. The van der Waals surface area contributed by atoms with Crippen LogP contribution in [0.25, 0.3) is 10.9 Å². The third-order valence-corrected chi connectivity index (χ3v) is 4.36. The molecule has 0 saturated heterocycles. The number of nitrogens with one attached hydrogen (secondary N) is 2. The maximum Gasteiger partial charge on any atom is 0.407 e. The molecule has 0 aliphatic heterocycles. The number of rotatable bonds is 5. The second-order valence-corrected chi connectivity index (χ2v) is 5.81. The van der Waals surface area contributed by atoms with Crippen molar-refractivity contribution in [1.82, 2.24) is 10.3 Å². The number of fused-ring (bicyclic) bond motifs is 1. The summed E-state index contributed by atoms with van der Waals surface area (Å²) in [6, 6.07) is 16.4. The predicted molar refractivity (Wildman–Crippen MR) is 97.9 cm³/mol. The predicted octanol–water partition coefficient (Wildman–Crippen LogP) is 3.20. The maximum absolute atomic E-state index is 12.5. The van der Waals surface area contributed by atoms with E-state index in [0.717, 1.165) is 22.0 Å². The van der Waals surface area contributed by atoms with Gasteiger partial charge < -0.3 is 19.8 Å². The number of aromatic nitrogens is 1. The minimum absolute atomic E-state index is 0.445. The highest BCUT2D eigenvalue weighted by Crippen LogP contribution is 2.34. The number of carbonyl (C=O) groups is 2. The molecule has 3 rings (SSSR count). The lowest BCUT2D eigenvalue weighted by molar-refractivity contribution is -0.143. The summed E-state index contributed by atoms with van der Waals surface area (Å²) in [6.45, 7) is 0. The molecule has 0 spiro atoms. The fourth-order valence-corrected chi connectivity index (χ4v) is 3.15. The molecule has 6 heteroatoms. The van der Waals surface area contributed by atoms with Crippen LogP contribution in [-0.4, -0.2) is 37.3 Å². The smallest absolute Gasteiger partial charge is 0.407 e. The van der Waals surface area contributed by atoms with Gasteiger partial charge in [0.1, 0.15) is 6.04 Å². The van der Waals surface area contributed by atoms with Gasteiger partial charge in [-0.25, -0.2) is 9.59 Å². The summed E-state index contributed by atoms with van der Waals surface area (Å²) in [4.78, 5) is 27.6. The molecule has 2 aromatic carbocycles.